The molecule has 0 atom stereocenters. The lowest BCUT2D eigenvalue weighted by Gasteiger charge is -2.16. The summed E-state index contributed by atoms with van der Waals surface area (Å²) in [6.45, 7) is 5.97. The number of hydrogen-bond donors (Lipinski definition) is 3. The maximum Gasteiger partial charge on any atom is 0.255 e. The summed E-state index contributed by atoms with van der Waals surface area (Å²) in [6, 6.07) is 18.3. The van der Waals surface area contributed by atoms with E-state index in [1.54, 1.807) is 30.3 Å². The number of rotatable bonds is 6. The highest BCUT2D eigenvalue weighted by atomic mass is 16.2. The van der Waals surface area contributed by atoms with Crippen LogP contribution in [0.2, 0.25) is 0 Å². The highest BCUT2D eigenvalue weighted by Crippen LogP contribution is 2.37. The number of amides is 3. The van der Waals surface area contributed by atoms with Gasteiger partial charge in [-0.2, -0.15) is 5.10 Å². The Labute approximate surface area is 201 Å². The second-order valence-corrected chi connectivity index (χ2v) is 8.58. The summed E-state index contributed by atoms with van der Waals surface area (Å²) in [4.78, 5) is 39.2. The SMILES string of the molecule is C=C(CN1Cc2c(cc(NC(=O)c3ccccc3)cc2-c2ccc3n[nH]c(C)c3c2)C1=O)C(N)=O. The van der Waals surface area contributed by atoms with Crippen molar-refractivity contribution in [2.24, 2.45) is 5.73 Å². The third-order valence-corrected chi connectivity index (χ3v) is 6.20. The number of nitrogens with two attached hydrogens (primary N) is 1. The van der Waals surface area contributed by atoms with E-state index >= 15 is 0 Å². The van der Waals surface area contributed by atoms with Gasteiger partial charge in [0.05, 0.1) is 12.1 Å². The summed E-state index contributed by atoms with van der Waals surface area (Å²) >= 11 is 0. The first-order valence-electron chi connectivity index (χ1n) is 11.1. The van der Waals surface area contributed by atoms with Crippen LogP contribution in [0.15, 0.2) is 72.8 Å². The Morgan fingerprint density at radius 1 is 1.11 bits per heavy atom. The standard InChI is InChI=1S/C27H23N5O3/c1-15(25(28)33)13-32-14-23-21(18-8-9-24-20(10-18)16(2)30-31-24)11-19(12-22(23)27(32)35)29-26(34)17-6-4-3-5-7-17/h3-12H,1,13-14H2,2H3,(H2,28,33)(H,29,34)(H,30,31). The van der Waals surface area contributed by atoms with Crippen LogP contribution in [0, 0.1) is 6.92 Å². The average molecular weight is 466 g/mol. The van der Waals surface area contributed by atoms with Crippen LogP contribution in [0.3, 0.4) is 0 Å². The maximum atomic E-state index is 13.3. The van der Waals surface area contributed by atoms with Crippen molar-refractivity contribution in [2.75, 3.05) is 11.9 Å². The lowest BCUT2D eigenvalue weighted by atomic mass is 9.95. The van der Waals surface area contributed by atoms with Crippen LogP contribution >= 0.6 is 0 Å². The van der Waals surface area contributed by atoms with Gasteiger partial charge in [-0.05, 0) is 60.0 Å². The first-order chi connectivity index (χ1) is 16.8. The van der Waals surface area contributed by atoms with Crippen molar-refractivity contribution in [3.05, 3.63) is 95.2 Å². The summed E-state index contributed by atoms with van der Waals surface area (Å²) < 4.78 is 0. The van der Waals surface area contributed by atoms with Gasteiger partial charge in [0.1, 0.15) is 0 Å². The van der Waals surface area contributed by atoms with Gasteiger partial charge in [0.25, 0.3) is 11.8 Å². The number of carbonyl (C=O) groups is 3. The molecule has 5 rings (SSSR count). The van der Waals surface area contributed by atoms with Crippen LogP contribution in [-0.4, -0.2) is 39.4 Å². The molecule has 0 saturated heterocycles. The van der Waals surface area contributed by atoms with Crippen LogP contribution < -0.4 is 11.1 Å². The molecule has 1 aromatic heterocycles. The fourth-order valence-electron chi connectivity index (χ4n) is 4.33. The molecule has 3 aromatic carbocycles. The molecule has 4 N–H and O–H groups in total. The van der Waals surface area contributed by atoms with Gasteiger partial charge < -0.3 is 16.0 Å². The Kier molecular flexibility index (Phi) is 5.41. The second kappa shape index (κ2) is 8.57. The van der Waals surface area contributed by atoms with E-state index in [1.807, 2.05) is 37.3 Å². The summed E-state index contributed by atoms with van der Waals surface area (Å²) in [5.41, 5.74) is 11.3. The number of anilines is 1. The van der Waals surface area contributed by atoms with Crippen LogP contribution in [0.25, 0.3) is 22.0 Å². The average Bonchev–Trinajstić information content (AvgIpc) is 3.38. The zero-order chi connectivity index (χ0) is 24.7. The summed E-state index contributed by atoms with van der Waals surface area (Å²) in [6.07, 6.45) is 0. The van der Waals surface area contributed by atoms with Crippen molar-refractivity contribution in [1.82, 2.24) is 15.1 Å². The molecule has 0 fully saturated rings. The molecule has 2 heterocycles. The van der Waals surface area contributed by atoms with E-state index in [0.717, 1.165) is 33.3 Å². The van der Waals surface area contributed by atoms with Crippen molar-refractivity contribution in [1.29, 1.82) is 0 Å². The molecule has 4 aromatic rings. The zero-order valence-electron chi connectivity index (χ0n) is 19.1. The van der Waals surface area contributed by atoms with Crippen molar-refractivity contribution in [3.8, 4) is 11.1 Å². The van der Waals surface area contributed by atoms with Crippen LogP contribution in [0.1, 0.15) is 32.0 Å². The lowest BCUT2D eigenvalue weighted by Crippen LogP contribution is -2.30. The minimum atomic E-state index is -0.648. The van der Waals surface area contributed by atoms with Gasteiger partial charge in [-0.3, -0.25) is 19.5 Å². The molecule has 35 heavy (non-hydrogen) atoms. The number of carbonyl (C=O) groups excluding carboxylic acids is 3. The molecule has 0 aliphatic carbocycles. The predicted octanol–water partition coefficient (Wildman–Crippen LogP) is 3.79. The molecule has 0 unspecified atom stereocenters. The number of hydrogen-bond acceptors (Lipinski definition) is 4. The number of H-pyrrole nitrogens is 1. The number of fused-ring (bicyclic) bond motifs is 2. The van der Waals surface area contributed by atoms with Gasteiger partial charge in [-0.1, -0.05) is 30.8 Å². The summed E-state index contributed by atoms with van der Waals surface area (Å²) in [7, 11) is 0. The molecule has 1 aliphatic heterocycles. The van der Waals surface area contributed by atoms with Gasteiger partial charge in [-0.25, -0.2) is 0 Å². The maximum absolute atomic E-state index is 13.3. The molecule has 8 heteroatoms. The molecule has 0 saturated carbocycles. The van der Waals surface area contributed by atoms with E-state index in [0.29, 0.717) is 23.4 Å². The molecule has 0 radical (unpaired) electrons. The van der Waals surface area contributed by atoms with Crippen molar-refractivity contribution >= 4 is 34.3 Å². The van der Waals surface area contributed by atoms with Gasteiger partial charge in [0.15, 0.2) is 0 Å². The Morgan fingerprint density at radius 2 is 1.86 bits per heavy atom. The second-order valence-electron chi connectivity index (χ2n) is 8.58. The number of benzene rings is 3. The topological polar surface area (TPSA) is 121 Å². The fourth-order valence-corrected chi connectivity index (χ4v) is 4.33. The van der Waals surface area contributed by atoms with E-state index < -0.39 is 5.91 Å². The highest BCUT2D eigenvalue weighted by molar-refractivity contribution is 6.07. The lowest BCUT2D eigenvalue weighted by molar-refractivity contribution is -0.114. The molecule has 0 bridgehead atoms. The number of aromatic amines is 1. The Hall–Kier alpha value is -4.72. The van der Waals surface area contributed by atoms with Crippen LogP contribution in [0.5, 0.6) is 0 Å². The first kappa shape index (κ1) is 22.1. The van der Waals surface area contributed by atoms with E-state index in [9.17, 15) is 14.4 Å². The van der Waals surface area contributed by atoms with Gasteiger partial charge in [0, 0.05) is 40.0 Å². The molecular formula is C27H23N5O3. The molecule has 174 valence electrons. The normalized spacial score (nSPS) is 12.6. The van der Waals surface area contributed by atoms with Crippen LogP contribution in [0.4, 0.5) is 5.69 Å². The number of primary amides is 1. The monoisotopic (exact) mass is 465 g/mol. The zero-order valence-corrected chi connectivity index (χ0v) is 19.1. The molecule has 0 spiro atoms. The van der Waals surface area contributed by atoms with Crippen molar-refractivity contribution in [3.63, 3.8) is 0 Å². The number of aromatic nitrogens is 2. The third-order valence-electron chi connectivity index (χ3n) is 6.20. The Morgan fingerprint density at radius 3 is 2.60 bits per heavy atom. The quantitative estimate of drug-likeness (QED) is 0.375. The van der Waals surface area contributed by atoms with E-state index in [-0.39, 0.29) is 23.9 Å². The van der Waals surface area contributed by atoms with Crippen molar-refractivity contribution < 1.29 is 14.4 Å². The molecular weight excluding hydrogens is 442 g/mol. The number of nitrogens with zero attached hydrogens (tertiary/aromatic N) is 2. The molecule has 3 amide bonds. The Bertz CT molecular complexity index is 1520. The van der Waals surface area contributed by atoms with Gasteiger partial charge in [0.2, 0.25) is 5.91 Å². The van der Waals surface area contributed by atoms with E-state index in [4.69, 9.17) is 5.73 Å². The number of nitrogens with one attached hydrogen (secondary N) is 2. The predicted molar refractivity (Wildman–Crippen MR) is 134 cm³/mol. The van der Waals surface area contributed by atoms with Crippen molar-refractivity contribution in [2.45, 2.75) is 13.5 Å². The Balaban J connectivity index is 1.59. The minimum absolute atomic E-state index is 0.0356. The fraction of sp³-hybridized carbons (Fsp3) is 0.111. The summed E-state index contributed by atoms with van der Waals surface area (Å²) in [5.74, 6) is -1.17. The van der Waals surface area contributed by atoms with Gasteiger partial charge in [-0.15, -0.1) is 0 Å². The highest BCUT2D eigenvalue weighted by Gasteiger charge is 2.31. The molecule has 1 aliphatic rings. The first-order valence-corrected chi connectivity index (χ1v) is 11.1. The van der Waals surface area contributed by atoms with Gasteiger partial charge >= 0.3 is 0 Å². The minimum Gasteiger partial charge on any atom is -0.366 e. The summed E-state index contributed by atoms with van der Waals surface area (Å²) in [5, 5.41) is 11.2. The smallest absolute Gasteiger partial charge is 0.255 e. The molecule has 8 nitrogen and oxygen atoms in total. The van der Waals surface area contributed by atoms with E-state index in [2.05, 4.69) is 22.1 Å². The largest absolute Gasteiger partial charge is 0.366 e. The number of aryl methyl sites for hydroxylation is 1. The van der Waals surface area contributed by atoms with Crippen LogP contribution in [-0.2, 0) is 11.3 Å². The third kappa shape index (κ3) is 4.06. The van der Waals surface area contributed by atoms with E-state index in [1.165, 1.54) is 4.90 Å².